The quantitative estimate of drug-likeness (QED) is 0.646. The van der Waals surface area contributed by atoms with Crippen molar-refractivity contribution >= 4 is 7.85 Å². The molecule has 0 saturated carbocycles. The Morgan fingerprint density at radius 2 is 1.48 bits per heavy atom. The molecule has 0 amide bonds. The van der Waals surface area contributed by atoms with Crippen LogP contribution in [-0.4, -0.2) is 17.8 Å². The first-order chi connectivity index (χ1) is 12.2. The van der Waals surface area contributed by atoms with E-state index in [0.717, 1.165) is 12.3 Å². The predicted octanol–water partition coefficient (Wildman–Crippen LogP) is 4.80. The molecule has 0 aliphatic carbocycles. The van der Waals surface area contributed by atoms with E-state index >= 15 is 0 Å². The first-order valence-electron chi connectivity index (χ1n) is 9.24. The highest BCUT2D eigenvalue weighted by Crippen LogP contribution is 2.20. The van der Waals surface area contributed by atoms with Gasteiger partial charge in [-0.25, -0.2) is 4.98 Å². The van der Waals surface area contributed by atoms with Crippen molar-refractivity contribution in [3.05, 3.63) is 90.0 Å². The van der Waals surface area contributed by atoms with E-state index in [-0.39, 0.29) is 0 Å². The van der Waals surface area contributed by atoms with Crippen LogP contribution in [0.5, 0.6) is 0 Å². The zero-order valence-corrected chi connectivity index (χ0v) is 15.7. The molecule has 0 aliphatic rings. The third-order valence-corrected chi connectivity index (χ3v) is 4.38. The molecule has 0 atom stereocenters. The minimum atomic E-state index is 0.484. The monoisotopic (exact) mass is 332 g/mol. The second-order valence-corrected chi connectivity index (χ2v) is 6.91. The van der Waals surface area contributed by atoms with Gasteiger partial charge in [-0.3, -0.25) is 0 Å². The van der Waals surface area contributed by atoms with Gasteiger partial charge in [0.1, 0.15) is 7.85 Å². The normalized spacial score (nSPS) is 10.6. The molecule has 1 heterocycles. The van der Waals surface area contributed by atoms with Crippen molar-refractivity contribution in [3.8, 4) is 0 Å². The number of imidazole rings is 1. The Morgan fingerprint density at radius 3 is 1.92 bits per heavy atom. The lowest BCUT2D eigenvalue weighted by atomic mass is 9.76. The first-order valence-corrected chi connectivity index (χ1v) is 9.24. The number of hydrogen-bond donors (Lipinski definition) is 1. The van der Waals surface area contributed by atoms with Crippen molar-refractivity contribution in [3.63, 3.8) is 0 Å². The largest absolute Gasteiger partial charge is 0.348 e. The van der Waals surface area contributed by atoms with Crippen LogP contribution in [0.4, 0.5) is 0 Å². The van der Waals surface area contributed by atoms with Crippen molar-refractivity contribution in [2.45, 2.75) is 38.9 Å². The van der Waals surface area contributed by atoms with E-state index in [9.17, 15) is 0 Å². The number of nitrogens with zero attached hydrogens (tertiary/aromatic N) is 1. The number of aromatic amines is 1. The average molecular weight is 332 g/mol. The van der Waals surface area contributed by atoms with Crippen molar-refractivity contribution in [2.24, 2.45) is 5.92 Å². The molecule has 3 heteroatoms. The highest BCUT2D eigenvalue weighted by molar-refractivity contribution is 6.14. The van der Waals surface area contributed by atoms with Gasteiger partial charge in [0.25, 0.3) is 0 Å². The maximum Gasteiger partial charge on any atom is 0.116 e. The van der Waals surface area contributed by atoms with Gasteiger partial charge in [-0.05, 0) is 35.7 Å². The Morgan fingerprint density at radius 1 is 0.920 bits per heavy atom. The molecule has 0 aliphatic heterocycles. The molecule has 130 valence electrons. The van der Waals surface area contributed by atoms with E-state index in [4.69, 9.17) is 0 Å². The third-order valence-electron chi connectivity index (χ3n) is 4.38. The van der Waals surface area contributed by atoms with E-state index in [1.54, 1.807) is 6.33 Å². The van der Waals surface area contributed by atoms with Gasteiger partial charge in [-0.1, -0.05) is 80.9 Å². The van der Waals surface area contributed by atoms with Gasteiger partial charge in [0, 0.05) is 11.9 Å². The highest BCUT2D eigenvalue weighted by atomic mass is 14.9. The van der Waals surface area contributed by atoms with Crippen LogP contribution in [0, 0.1) is 5.92 Å². The van der Waals surface area contributed by atoms with E-state index in [1.165, 1.54) is 29.7 Å². The molecule has 2 nitrogen and oxygen atoms in total. The Balaban J connectivity index is 0.000000186. The summed E-state index contributed by atoms with van der Waals surface area (Å²) in [6, 6.07) is 21.2. The third kappa shape index (κ3) is 7.00. The molecule has 0 unspecified atom stereocenters. The summed E-state index contributed by atoms with van der Waals surface area (Å²) in [6.45, 7) is 4.51. The van der Waals surface area contributed by atoms with Crippen molar-refractivity contribution < 1.29 is 0 Å². The number of H-pyrrole nitrogens is 1. The topological polar surface area (TPSA) is 28.7 Å². The maximum absolute atomic E-state index is 3.96. The van der Waals surface area contributed by atoms with Crippen LogP contribution in [-0.2, 0) is 6.42 Å². The van der Waals surface area contributed by atoms with E-state index in [2.05, 4.69) is 92.3 Å². The molecule has 0 radical (unpaired) electrons. The Hall–Kier alpha value is -2.29. The number of rotatable bonds is 6. The van der Waals surface area contributed by atoms with Gasteiger partial charge in [-0.15, -0.1) is 0 Å². The molecule has 0 fully saturated rings. The Bertz CT molecular complexity index is 639. The number of nitrogens with one attached hydrogen (secondary N) is 1. The Labute approximate surface area is 153 Å². The van der Waals surface area contributed by atoms with E-state index in [1.807, 2.05) is 6.20 Å². The second kappa shape index (κ2) is 10.6. The number of hydrogen-bond acceptors (Lipinski definition) is 1. The summed E-state index contributed by atoms with van der Waals surface area (Å²) in [7, 11) is 2.24. The summed E-state index contributed by atoms with van der Waals surface area (Å²) in [5.41, 5.74) is 4.00. The average Bonchev–Trinajstić information content (AvgIpc) is 3.16. The van der Waals surface area contributed by atoms with Crippen LogP contribution in [0.15, 0.2) is 73.2 Å². The van der Waals surface area contributed by atoms with Crippen LogP contribution in [0.1, 0.15) is 49.3 Å². The molecule has 3 rings (SSSR count). The molecule has 1 aromatic heterocycles. The molecule has 0 spiro atoms. The van der Waals surface area contributed by atoms with Crippen LogP contribution < -0.4 is 0 Å². The summed E-state index contributed by atoms with van der Waals surface area (Å²) in [6.07, 6.45) is 7.35. The molecule has 2 aromatic carbocycles. The van der Waals surface area contributed by atoms with Crippen LogP contribution in [0.25, 0.3) is 0 Å². The van der Waals surface area contributed by atoms with Crippen LogP contribution in [0.2, 0.25) is 0 Å². The Kier molecular flexibility index (Phi) is 8.04. The molecule has 1 N–H and O–H groups in total. The maximum atomic E-state index is 3.96. The molecule has 0 bridgehead atoms. The summed E-state index contributed by atoms with van der Waals surface area (Å²) < 4.78 is 0. The van der Waals surface area contributed by atoms with Crippen molar-refractivity contribution in [1.82, 2.24) is 9.97 Å². The van der Waals surface area contributed by atoms with E-state index < -0.39 is 0 Å². The van der Waals surface area contributed by atoms with Crippen molar-refractivity contribution in [1.29, 1.82) is 0 Å². The lowest BCUT2D eigenvalue weighted by Gasteiger charge is -2.11. The number of aryl methyl sites for hydroxylation is 1. The SMILES string of the molecule is BC(c1ccccc1)c1ccccc1.CC(C)CCCc1cnc[nH]1. The predicted molar refractivity (Wildman–Crippen MR) is 110 cm³/mol. The lowest BCUT2D eigenvalue weighted by Crippen LogP contribution is -1.99. The fraction of sp³-hybridized carbons (Fsp3) is 0.318. The van der Waals surface area contributed by atoms with Gasteiger partial charge in [0.15, 0.2) is 0 Å². The summed E-state index contributed by atoms with van der Waals surface area (Å²) in [5.74, 6) is 1.30. The lowest BCUT2D eigenvalue weighted by molar-refractivity contribution is 0.553. The fourth-order valence-corrected chi connectivity index (χ4v) is 2.80. The standard InChI is InChI=1S/C13H13B.C9H16N2/c14-13(11-7-3-1-4-8-11)12-9-5-2-6-10-12;1-8(2)4-3-5-9-6-10-7-11-9/h1-10,13H,14H2;6-8H,3-5H2,1-2H3,(H,10,11). The highest BCUT2D eigenvalue weighted by Gasteiger charge is 2.06. The molecular formula is C22H29BN2. The fourth-order valence-electron chi connectivity index (χ4n) is 2.80. The summed E-state index contributed by atoms with van der Waals surface area (Å²) >= 11 is 0. The molecular weight excluding hydrogens is 303 g/mol. The zero-order chi connectivity index (χ0) is 17.9. The van der Waals surface area contributed by atoms with Crippen LogP contribution >= 0.6 is 0 Å². The molecule has 25 heavy (non-hydrogen) atoms. The van der Waals surface area contributed by atoms with Crippen molar-refractivity contribution in [2.75, 3.05) is 0 Å². The molecule has 3 aromatic rings. The smallest absolute Gasteiger partial charge is 0.116 e. The summed E-state index contributed by atoms with van der Waals surface area (Å²) in [4.78, 5) is 7.06. The van der Waals surface area contributed by atoms with Gasteiger partial charge >= 0.3 is 0 Å². The minimum absolute atomic E-state index is 0.484. The van der Waals surface area contributed by atoms with Gasteiger partial charge in [0.2, 0.25) is 0 Å². The second-order valence-electron chi connectivity index (χ2n) is 6.91. The van der Waals surface area contributed by atoms with Crippen LogP contribution in [0.3, 0.4) is 0 Å². The number of aromatic nitrogens is 2. The van der Waals surface area contributed by atoms with Gasteiger partial charge in [-0.2, -0.15) is 0 Å². The van der Waals surface area contributed by atoms with E-state index in [0.29, 0.717) is 5.82 Å². The zero-order valence-electron chi connectivity index (χ0n) is 15.7. The molecule has 0 saturated heterocycles. The summed E-state index contributed by atoms with van der Waals surface area (Å²) in [5, 5.41) is 0. The number of benzene rings is 2. The van der Waals surface area contributed by atoms with Gasteiger partial charge < -0.3 is 4.98 Å². The minimum Gasteiger partial charge on any atom is -0.348 e. The first kappa shape index (κ1) is 19.0. The van der Waals surface area contributed by atoms with Gasteiger partial charge in [0.05, 0.1) is 6.33 Å².